The molecular weight excluding hydrogens is 284 g/mol. The number of anilines is 1. The Morgan fingerprint density at radius 2 is 1.74 bits per heavy atom. The van der Waals surface area contributed by atoms with E-state index in [2.05, 4.69) is 0 Å². The van der Waals surface area contributed by atoms with Crippen molar-refractivity contribution < 1.29 is 0 Å². The third kappa shape index (κ3) is 2.16. The van der Waals surface area contributed by atoms with Crippen molar-refractivity contribution in [2.75, 3.05) is 5.73 Å². The molecule has 0 unspecified atom stereocenters. The van der Waals surface area contributed by atoms with Gasteiger partial charge in [-0.15, -0.1) is 0 Å². The molecule has 0 atom stereocenters. The smallest absolute Gasteiger partial charge is 0.0717 e. The van der Waals surface area contributed by atoms with Crippen LogP contribution in [0.25, 0.3) is 10.9 Å². The van der Waals surface area contributed by atoms with Crippen molar-refractivity contribution in [2.24, 2.45) is 5.73 Å². The van der Waals surface area contributed by atoms with E-state index in [1.54, 1.807) is 0 Å². The van der Waals surface area contributed by atoms with Crippen LogP contribution in [0.2, 0.25) is 0 Å². The van der Waals surface area contributed by atoms with Gasteiger partial charge < -0.3 is 16.9 Å². The minimum absolute atomic E-state index is 0.262. The quantitative estimate of drug-likeness (QED) is 0.586. The highest BCUT2D eigenvalue weighted by atomic mass is 14.9. The molecule has 2 aliphatic rings. The van der Waals surface area contributed by atoms with Crippen molar-refractivity contribution in [3.05, 3.63) is 34.5 Å². The summed E-state index contributed by atoms with van der Waals surface area (Å²) in [4.78, 5) is 5.01. The lowest BCUT2D eigenvalue weighted by Crippen LogP contribution is -2.36. The van der Waals surface area contributed by atoms with E-state index in [1.807, 2.05) is 12.1 Å². The molecule has 0 spiro atoms. The van der Waals surface area contributed by atoms with Gasteiger partial charge in [0.2, 0.25) is 0 Å². The van der Waals surface area contributed by atoms with Crippen molar-refractivity contribution in [1.29, 1.82) is 5.41 Å². The predicted molar refractivity (Wildman–Crippen MR) is 95.0 cm³/mol. The lowest BCUT2D eigenvalue weighted by molar-refractivity contribution is 0.440. The van der Waals surface area contributed by atoms with Crippen LogP contribution in [0.4, 0.5) is 5.69 Å². The second kappa shape index (κ2) is 5.31. The summed E-state index contributed by atoms with van der Waals surface area (Å²) in [5.74, 6) is 0. The molecule has 120 valence electrons. The summed E-state index contributed by atoms with van der Waals surface area (Å²) < 4.78 is 0. The molecule has 1 aromatic carbocycles. The molecule has 2 aromatic rings. The van der Waals surface area contributed by atoms with Crippen LogP contribution in [0, 0.1) is 5.41 Å². The Hall–Kier alpha value is -1.94. The number of hydrogen-bond acceptors (Lipinski definition) is 4. The van der Waals surface area contributed by atoms with Gasteiger partial charge >= 0.3 is 0 Å². The van der Waals surface area contributed by atoms with E-state index in [-0.39, 0.29) is 5.54 Å². The van der Waals surface area contributed by atoms with E-state index in [0.29, 0.717) is 5.69 Å². The number of rotatable bonds is 2. The fourth-order valence-electron chi connectivity index (χ4n) is 4.47. The Morgan fingerprint density at radius 1 is 1.04 bits per heavy atom. The third-order valence-corrected chi connectivity index (χ3v) is 5.66. The van der Waals surface area contributed by atoms with Gasteiger partial charge in [-0.05, 0) is 61.8 Å². The van der Waals surface area contributed by atoms with Crippen LogP contribution in [0.5, 0.6) is 0 Å². The molecule has 1 saturated carbocycles. The zero-order chi connectivity index (χ0) is 16.0. The lowest BCUT2D eigenvalue weighted by atomic mass is 9.80. The topological polar surface area (TPSA) is 88.8 Å². The minimum atomic E-state index is -0.262. The SMILES string of the molecule is N=Cc1c(N)ccc2nc(C3(N)CCCC3)c3c(c12)CCCC3. The number of nitrogens with one attached hydrogen (secondary N) is 1. The summed E-state index contributed by atoms with van der Waals surface area (Å²) >= 11 is 0. The average Bonchev–Trinajstić information content (AvgIpc) is 3.02. The maximum Gasteiger partial charge on any atom is 0.0717 e. The Balaban J connectivity index is 2.07. The van der Waals surface area contributed by atoms with Crippen molar-refractivity contribution >= 4 is 22.8 Å². The van der Waals surface area contributed by atoms with Gasteiger partial charge in [0.1, 0.15) is 0 Å². The van der Waals surface area contributed by atoms with Crippen LogP contribution in [-0.2, 0) is 18.4 Å². The minimum Gasteiger partial charge on any atom is -0.398 e. The fraction of sp³-hybridized carbons (Fsp3) is 0.474. The molecule has 4 nitrogen and oxygen atoms in total. The van der Waals surface area contributed by atoms with E-state index >= 15 is 0 Å². The fourth-order valence-corrected chi connectivity index (χ4v) is 4.47. The van der Waals surface area contributed by atoms with Crippen molar-refractivity contribution in [2.45, 2.75) is 56.9 Å². The number of aromatic nitrogens is 1. The average molecular weight is 308 g/mol. The summed E-state index contributed by atoms with van der Waals surface area (Å²) in [6.45, 7) is 0. The third-order valence-electron chi connectivity index (χ3n) is 5.66. The highest BCUT2D eigenvalue weighted by Gasteiger charge is 2.36. The first-order chi connectivity index (χ1) is 11.1. The number of nitrogens with zero attached hydrogens (tertiary/aromatic N) is 1. The van der Waals surface area contributed by atoms with E-state index < -0.39 is 0 Å². The van der Waals surface area contributed by atoms with Gasteiger partial charge in [-0.25, -0.2) is 0 Å². The van der Waals surface area contributed by atoms with Crippen molar-refractivity contribution in [3.63, 3.8) is 0 Å². The number of nitrogens with two attached hydrogens (primary N) is 2. The predicted octanol–water partition coefficient (Wildman–Crippen LogP) is 3.42. The van der Waals surface area contributed by atoms with Gasteiger partial charge in [-0.2, -0.15) is 0 Å². The van der Waals surface area contributed by atoms with Crippen molar-refractivity contribution in [3.8, 4) is 0 Å². The number of nitrogen functional groups attached to an aromatic ring is 1. The Bertz CT molecular complexity index is 788. The van der Waals surface area contributed by atoms with Crippen LogP contribution in [-0.4, -0.2) is 11.2 Å². The Labute approximate surface area is 136 Å². The first-order valence-corrected chi connectivity index (χ1v) is 8.68. The first-order valence-electron chi connectivity index (χ1n) is 8.68. The van der Waals surface area contributed by atoms with Crippen LogP contribution in [0.1, 0.15) is 60.9 Å². The van der Waals surface area contributed by atoms with E-state index in [0.717, 1.165) is 47.8 Å². The molecule has 4 rings (SSSR count). The first kappa shape index (κ1) is 14.6. The van der Waals surface area contributed by atoms with Gasteiger partial charge in [0.15, 0.2) is 0 Å². The van der Waals surface area contributed by atoms with E-state index in [1.165, 1.54) is 43.0 Å². The molecule has 0 bridgehead atoms. The molecule has 5 N–H and O–H groups in total. The Morgan fingerprint density at radius 3 is 2.43 bits per heavy atom. The molecule has 0 saturated heterocycles. The van der Waals surface area contributed by atoms with Crippen LogP contribution in [0.15, 0.2) is 12.1 Å². The van der Waals surface area contributed by atoms with Gasteiger partial charge in [-0.3, -0.25) is 4.98 Å². The van der Waals surface area contributed by atoms with Crippen molar-refractivity contribution in [1.82, 2.24) is 4.98 Å². The molecule has 0 aliphatic heterocycles. The van der Waals surface area contributed by atoms with E-state index in [4.69, 9.17) is 21.9 Å². The van der Waals surface area contributed by atoms with Gasteiger partial charge in [0, 0.05) is 22.9 Å². The molecule has 1 aromatic heterocycles. The van der Waals surface area contributed by atoms with Gasteiger partial charge in [-0.1, -0.05) is 12.8 Å². The van der Waals surface area contributed by atoms with Crippen LogP contribution < -0.4 is 11.5 Å². The number of benzene rings is 1. The summed E-state index contributed by atoms with van der Waals surface area (Å²) in [5.41, 5.74) is 18.9. The highest BCUT2D eigenvalue weighted by Crippen LogP contribution is 2.42. The maximum absolute atomic E-state index is 7.79. The summed E-state index contributed by atoms with van der Waals surface area (Å²) in [5, 5.41) is 8.87. The van der Waals surface area contributed by atoms with Crippen LogP contribution >= 0.6 is 0 Å². The Kier molecular flexibility index (Phi) is 3.38. The second-order valence-corrected chi connectivity index (χ2v) is 7.09. The zero-order valence-corrected chi connectivity index (χ0v) is 13.5. The normalized spacial score (nSPS) is 19.7. The number of hydrogen-bond donors (Lipinski definition) is 3. The summed E-state index contributed by atoms with van der Waals surface area (Å²) in [6.07, 6.45) is 10.3. The lowest BCUT2D eigenvalue weighted by Gasteiger charge is -2.30. The summed E-state index contributed by atoms with van der Waals surface area (Å²) in [7, 11) is 0. The van der Waals surface area contributed by atoms with Gasteiger partial charge in [0.25, 0.3) is 0 Å². The summed E-state index contributed by atoms with van der Waals surface area (Å²) in [6, 6.07) is 3.86. The van der Waals surface area contributed by atoms with E-state index in [9.17, 15) is 0 Å². The number of fused-ring (bicyclic) bond motifs is 3. The largest absolute Gasteiger partial charge is 0.398 e. The van der Waals surface area contributed by atoms with Gasteiger partial charge in [0.05, 0.1) is 16.7 Å². The molecule has 0 radical (unpaired) electrons. The molecule has 1 heterocycles. The molecule has 2 aliphatic carbocycles. The molecule has 1 fully saturated rings. The molecule has 4 heteroatoms. The standard InChI is InChI=1S/C19H24N4/c20-11-14-15(21)7-8-16-17(14)12-5-1-2-6-13(12)18(23-16)19(22)9-3-4-10-19/h7-8,11,20H,1-6,9-10,21-22H2. The highest BCUT2D eigenvalue weighted by molar-refractivity contribution is 6.04. The number of aryl methyl sites for hydroxylation is 1. The molecular formula is C19H24N4. The molecule has 23 heavy (non-hydrogen) atoms. The monoisotopic (exact) mass is 308 g/mol. The van der Waals surface area contributed by atoms with Crippen LogP contribution in [0.3, 0.4) is 0 Å². The zero-order valence-electron chi connectivity index (χ0n) is 13.5. The second-order valence-electron chi connectivity index (χ2n) is 7.09. The molecule has 0 amide bonds. The maximum atomic E-state index is 7.79. The number of pyridine rings is 1.